The zero-order chi connectivity index (χ0) is 19.5. The maximum atomic E-state index is 11.6. The molecule has 0 atom stereocenters. The van der Waals surface area contributed by atoms with Gasteiger partial charge in [0.05, 0.1) is 46.2 Å². The van der Waals surface area contributed by atoms with Crippen LogP contribution < -0.4 is 5.32 Å². The third-order valence-corrected chi connectivity index (χ3v) is 3.71. The zero-order valence-corrected chi connectivity index (χ0v) is 17.4. The van der Waals surface area contributed by atoms with Crippen molar-refractivity contribution in [1.29, 1.82) is 0 Å². The summed E-state index contributed by atoms with van der Waals surface area (Å²) in [6.45, 7) is 14.0. The molecule has 1 amide bonds. The number of carbonyl (C=O) groups is 1. The second kappa shape index (κ2) is 19.1. The Bertz CT molecular complexity index is 311. The van der Waals surface area contributed by atoms with Crippen molar-refractivity contribution in [3.63, 3.8) is 0 Å². The summed E-state index contributed by atoms with van der Waals surface area (Å²) in [5, 5.41) is 2.87. The van der Waals surface area contributed by atoms with E-state index in [9.17, 15) is 4.79 Å². The number of rotatable bonds is 19. The van der Waals surface area contributed by atoms with E-state index in [0.29, 0.717) is 71.0 Å². The predicted octanol–water partition coefficient (Wildman–Crippen LogP) is 3.04. The smallest absolute Gasteiger partial charge is 0.220 e. The van der Waals surface area contributed by atoms with Gasteiger partial charge >= 0.3 is 0 Å². The van der Waals surface area contributed by atoms with Gasteiger partial charge in [-0.05, 0) is 24.7 Å². The Kier molecular flexibility index (Phi) is 18.6. The normalized spacial score (nSPS) is 11.5. The van der Waals surface area contributed by atoms with Gasteiger partial charge in [-0.1, -0.05) is 34.1 Å². The highest BCUT2D eigenvalue weighted by atomic mass is 16.6. The summed E-state index contributed by atoms with van der Waals surface area (Å²) in [5.41, 5.74) is 0. The fourth-order valence-corrected chi connectivity index (χ4v) is 2.10. The molecule has 0 heterocycles. The van der Waals surface area contributed by atoms with Crippen LogP contribution in [0.2, 0.25) is 0 Å². The maximum Gasteiger partial charge on any atom is 0.220 e. The minimum atomic E-state index is 0.107. The van der Waals surface area contributed by atoms with Gasteiger partial charge in [-0.15, -0.1) is 0 Å². The molecule has 0 unspecified atom stereocenters. The maximum absolute atomic E-state index is 11.6. The number of nitrogens with one attached hydrogen (secondary N) is 1. The first-order valence-electron chi connectivity index (χ1n) is 10.1. The number of carbonyl (C=O) groups excluding carboxylic acids is 1. The predicted molar refractivity (Wildman–Crippen MR) is 104 cm³/mol. The van der Waals surface area contributed by atoms with Crippen LogP contribution >= 0.6 is 0 Å². The molecule has 6 nitrogen and oxygen atoms in total. The van der Waals surface area contributed by atoms with Gasteiger partial charge in [-0.3, -0.25) is 4.79 Å². The van der Waals surface area contributed by atoms with Crippen molar-refractivity contribution in [2.75, 3.05) is 59.4 Å². The van der Waals surface area contributed by atoms with Gasteiger partial charge in [0.2, 0.25) is 5.91 Å². The van der Waals surface area contributed by atoms with Crippen molar-refractivity contribution in [2.45, 2.75) is 53.4 Å². The molecule has 0 aromatic rings. The quantitative estimate of drug-likeness (QED) is 0.352. The van der Waals surface area contributed by atoms with Gasteiger partial charge in [0, 0.05) is 19.6 Å². The Morgan fingerprint density at radius 2 is 1.15 bits per heavy atom. The van der Waals surface area contributed by atoms with Crippen molar-refractivity contribution in [3.8, 4) is 0 Å². The van der Waals surface area contributed by atoms with Gasteiger partial charge in [0.1, 0.15) is 0 Å². The van der Waals surface area contributed by atoms with E-state index >= 15 is 0 Å². The zero-order valence-electron chi connectivity index (χ0n) is 17.4. The molecule has 1 N–H and O–H groups in total. The summed E-state index contributed by atoms with van der Waals surface area (Å²) in [6.07, 6.45) is 3.73. The van der Waals surface area contributed by atoms with E-state index in [1.807, 2.05) is 0 Å². The average molecular weight is 376 g/mol. The molecular weight excluding hydrogens is 334 g/mol. The molecule has 0 saturated heterocycles. The molecule has 0 fully saturated rings. The van der Waals surface area contributed by atoms with Crippen molar-refractivity contribution in [1.82, 2.24) is 5.32 Å². The summed E-state index contributed by atoms with van der Waals surface area (Å²) in [5.74, 6) is 1.44. The van der Waals surface area contributed by atoms with E-state index in [0.717, 1.165) is 25.9 Å². The topological polar surface area (TPSA) is 66.0 Å². The molecule has 0 radical (unpaired) electrons. The van der Waals surface area contributed by atoms with Crippen LogP contribution in [0.25, 0.3) is 0 Å². The van der Waals surface area contributed by atoms with E-state index in [2.05, 4.69) is 33.0 Å². The lowest BCUT2D eigenvalue weighted by atomic mass is 10.1. The number of hydrogen-bond donors (Lipinski definition) is 1. The van der Waals surface area contributed by atoms with Gasteiger partial charge in [-0.25, -0.2) is 0 Å². The van der Waals surface area contributed by atoms with Crippen LogP contribution in [0.15, 0.2) is 0 Å². The third-order valence-electron chi connectivity index (χ3n) is 3.71. The van der Waals surface area contributed by atoms with Gasteiger partial charge in [-0.2, -0.15) is 0 Å². The molecule has 0 aromatic heterocycles. The van der Waals surface area contributed by atoms with Crippen molar-refractivity contribution >= 4 is 5.91 Å². The lowest BCUT2D eigenvalue weighted by molar-refractivity contribution is -0.121. The molecule has 0 spiro atoms. The van der Waals surface area contributed by atoms with Crippen LogP contribution in [-0.2, 0) is 23.7 Å². The van der Waals surface area contributed by atoms with Gasteiger partial charge in [0.15, 0.2) is 0 Å². The van der Waals surface area contributed by atoms with E-state index in [1.165, 1.54) is 0 Å². The third kappa shape index (κ3) is 21.4. The minimum absolute atomic E-state index is 0.107. The Hall–Kier alpha value is -0.690. The first-order chi connectivity index (χ1) is 12.5. The standard InChI is InChI=1S/C20H41NO5/c1-18(2)6-5-7-20(22)21-9-11-24-13-15-26-17-16-25-14-12-23-10-8-19(3)4/h18-19H,5-17H2,1-4H3,(H,21,22). The van der Waals surface area contributed by atoms with E-state index < -0.39 is 0 Å². The van der Waals surface area contributed by atoms with Crippen molar-refractivity contribution < 1.29 is 23.7 Å². The Morgan fingerprint density at radius 1 is 0.692 bits per heavy atom. The van der Waals surface area contributed by atoms with Crippen LogP contribution in [-0.4, -0.2) is 65.3 Å². The highest BCUT2D eigenvalue weighted by Crippen LogP contribution is 2.05. The highest BCUT2D eigenvalue weighted by Gasteiger charge is 2.01. The number of ether oxygens (including phenoxy) is 4. The van der Waals surface area contributed by atoms with E-state index in [4.69, 9.17) is 18.9 Å². The number of hydrogen-bond acceptors (Lipinski definition) is 5. The van der Waals surface area contributed by atoms with E-state index in [1.54, 1.807) is 0 Å². The molecule has 0 aliphatic heterocycles. The van der Waals surface area contributed by atoms with Crippen molar-refractivity contribution in [2.24, 2.45) is 11.8 Å². The summed E-state index contributed by atoms with van der Waals surface area (Å²) in [4.78, 5) is 11.6. The molecule has 0 aliphatic rings. The van der Waals surface area contributed by atoms with Crippen LogP contribution in [0, 0.1) is 11.8 Å². The fraction of sp³-hybridized carbons (Fsp3) is 0.950. The fourth-order valence-electron chi connectivity index (χ4n) is 2.10. The molecular formula is C20H41NO5. The largest absolute Gasteiger partial charge is 0.379 e. The SMILES string of the molecule is CC(C)CCCC(=O)NCCOCCOCCOCCOCCC(C)C. The number of amides is 1. The van der Waals surface area contributed by atoms with Gasteiger partial charge < -0.3 is 24.3 Å². The molecule has 26 heavy (non-hydrogen) atoms. The average Bonchev–Trinajstić information content (AvgIpc) is 2.57. The van der Waals surface area contributed by atoms with Crippen LogP contribution in [0.4, 0.5) is 0 Å². The lowest BCUT2D eigenvalue weighted by Gasteiger charge is -2.09. The molecule has 6 heteroatoms. The van der Waals surface area contributed by atoms with E-state index in [-0.39, 0.29) is 5.91 Å². The summed E-state index contributed by atoms with van der Waals surface area (Å²) >= 11 is 0. The first-order valence-corrected chi connectivity index (χ1v) is 10.1. The molecule has 0 aliphatic carbocycles. The molecule has 0 aromatic carbocycles. The molecule has 156 valence electrons. The summed E-state index contributed by atoms with van der Waals surface area (Å²) < 4.78 is 21.7. The highest BCUT2D eigenvalue weighted by molar-refractivity contribution is 5.75. The Labute approximate surface area is 160 Å². The second-order valence-corrected chi connectivity index (χ2v) is 7.27. The first kappa shape index (κ1) is 25.3. The van der Waals surface area contributed by atoms with Crippen molar-refractivity contribution in [3.05, 3.63) is 0 Å². The Morgan fingerprint density at radius 3 is 1.65 bits per heavy atom. The molecule has 0 bridgehead atoms. The van der Waals surface area contributed by atoms with Crippen LogP contribution in [0.3, 0.4) is 0 Å². The monoisotopic (exact) mass is 375 g/mol. The van der Waals surface area contributed by atoms with Crippen LogP contribution in [0.1, 0.15) is 53.4 Å². The Balaban J connectivity index is 3.12. The second-order valence-electron chi connectivity index (χ2n) is 7.27. The molecule has 0 rings (SSSR count). The van der Waals surface area contributed by atoms with Crippen LogP contribution in [0.5, 0.6) is 0 Å². The summed E-state index contributed by atoms with van der Waals surface area (Å²) in [6, 6.07) is 0. The lowest BCUT2D eigenvalue weighted by Crippen LogP contribution is -2.27. The van der Waals surface area contributed by atoms with Gasteiger partial charge in [0.25, 0.3) is 0 Å². The molecule has 0 saturated carbocycles. The minimum Gasteiger partial charge on any atom is -0.379 e. The summed E-state index contributed by atoms with van der Waals surface area (Å²) in [7, 11) is 0.